The highest BCUT2D eigenvalue weighted by Gasteiger charge is 2.40. The summed E-state index contributed by atoms with van der Waals surface area (Å²) in [6, 6.07) is 5.88. The second-order valence-corrected chi connectivity index (χ2v) is 5.61. The van der Waals surface area contributed by atoms with Gasteiger partial charge < -0.3 is 0 Å². The highest BCUT2D eigenvalue weighted by atomic mass is 35.5. The van der Waals surface area contributed by atoms with Gasteiger partial charge in [-0.3, -0.25) is 10.2 Å². The molecule has 0 radical (unpaired) electrons. The van der Waals surface area contributed by atoms with Gasteiger partial charge in [0.25, 0.3) is 5.91 Å². The Morgan fingerprint density at radius 2 is 1.75 bits per heavy atom. The van der Waals surface area contributed by atoms with E-state index in [-0.39, 0.29) is 5.56 Å². The largest absolute Gasteiger partial charge is 0.390 e. The molecule has 1 N–H and O–H groups in total. The molecule has 0 fully saturated rings. The topological polar surface area (TPSA) is 32.3 Å². The van der Waals surface area contributed by atoms with Crippen LogP contribution in [0.15, 0.2) is 24.3 Å². The molecule has 1 aromatic carbocycles. The molecule has 0 bridgehead atoms. The first-order valence-corrected chi connectivity index (χ1v) is 6.32. The fraction of sp³-hybridized carbons (Fsp3) is 0.417. The quantitative estimate of drug-likeness (QED) is 0.664. The van der Waals surface area contributed by atoms with E-state index in [0.717, 1.165) is 0 Å². The van der Waals surface area contributed by atoms with Gasteiger partial charge in [-0.1, -0.05) is 11.6 Å². The monoisotopic (exact) mass is 328 g/mol. The van der Waals surface area contributed by atoms with Crippen molar-refractivity contribution >= 4 is 29.3 Å². The molecule has 0 unspecified atom stereocenters. The maximum Gasteiger partial charge on any atom is 0.390 e. The van der Waals surface area contributed by atoms with Crippen LogP contribution in [0.2, 0.25) is 5.02 Å². The van der Waals surface area contributed by atoms with E-state index in [1.54, 1.807) is 0 Å². The van der Waals surface area contributed by atoms with E-state index in [9.17, 15) is 18.0 Å². The number of hydrazine groups is 1. The summed E-state index contributed by atoms with van der Waals surface area (Å²) in [5.41, 5.74) is 0.950. The average Bonchev–Trinajstić information content (AvgIpc) is 2.26. The van der Waals surface area contributed by atoms with Crippen molar-refractivity contribution in [3.05, 3.63) is 34.9 Å². The maximum absolute atomic E-state index is 12.4. The molecule has 0 saturated heterocycles. The Labute approximate surface area is 124 Å². The van der Waals surface area contributed by atoms with Gasteiger partial charge in [0.15, 0.2) is 0 Å². The van der Waals surface area contributed by atoms with Crippen LogP contribution < -0.4 is 5.43 Å². The average molecular weight is 329 g/mol. The van der Waals surface area contributed by atoms with Crippen molar-refractivity contribution in [1.82, 2.24) is 9.95 Å². The van der Waals surface area contributed by atoms with Gasteiger partial charge in [0, 0.05) is 22.4 Å². The van der Waals surface area contributed by atoms with E-state index in [1.807, 2.05) is 0 Å². The zero-order valence-corrected chi connectivity index (χ0v) is 12.3. The Hall–Kier alpha value is -0.980. The summed E-state index contributed by atoms with van der Waals surface area (Å²) in [7, 11) is 0. The molecular formula is C12H13Cl2F3N2O. The van der Waals surface area contributed by atoms with Crippen LogP contribution in [0.1, 0.15) is 30.6 Å². The summed E-state index contributed by atoms with van der Waals surface area (Å²) in [4.78, 5) is 11.8. The van der Waals surface area contributed by atoms with Crippen molar-refractivity contribution < 1.29 is 18.0 Å². The smallest absolute Gasteiger partial charge is 0.270 e. The van der Waals surface area contributed by atoms with Crippen molar-refractivity contribution in [2.24, 2.45) is 0 Å². The van der Waals surface area contributed by atoms with Crippen molar-refractivity contribution in [3.63, 3.8) is 0 Å². The van der Waals surface area contributed by atoms with E-state index >= 15 is 0 Å². The van der Waals surface area contributed by atoms with E-state index in [0.29, 0.717) is 9.55 Å². The van der Waals surface area contributed by atoms with Crippen LogP contribution >= 0.6 is 23.4 Å². The lowest BCUT2D eigenvalue weighted by molar-refractivity contribution is -0.155. The zero-order chi connectivity index (χ0) is 15.6. The van der Waals surface area contributed by atoms with Crippen molar-refractivity contribution in [1.29, 1.82) is 0 Å². The summed E-state index contributed by atoms with van der Waals surface area (Å²) in [6.45, 7) is 2.55. The molecule has 8 heteroatoms. The minimum absolute atomic E-state index is 0.239. The molecule has 0 aliphatic rings. The Bertz CT molecular complexity index is 475. The molecule has 1 aromatic rings. The van der Waals surface area contributed by atoms with E-state index in [4.69, 9.17) is 23.4 Å². The normalized spacial score (nSPS) is 12.6. The van der Waals surface area contributed by atoms with Gasteiger partial charge in [-0.15, -0.1) is 4.53 Å². The number of hydrogen-bond acceptors (Lipinski definition) is 2. The molecule has 20 heavy (non-hydrogen) atoms. The Morgan fingerprint density at radius 3 is 2.20 bits per heavy atom. The van der Waals surface area contributed by atoms with Gasteiger partial charge in [-0.25, -0.2) is 0 Å². The van der Waals surface area contributed by atoms with Crippen molar-refractivity contribution in [2.45, 2.75) is 32.0 Å². The number of rotatable bonds is 4. The third-order valence-corrected chi connectivity index (χ3v) is 3.26. The third kappa shape index (κ3) is 5.19. The Kier molecular flexibility index (Phi) is 5.29. The molecule has 3 nitrogen and oxygen atoms in total. The van der Waals surface area contributed by atoms with Crippen LogP contribution in [-0.2, 0) is 0 Å². The van der Waals surface area contributed by atoms with Crippen LogP contribution in [0, 0.1) is 0 Å². The van der Waals surface area contributed by atoms with Crippen molar-refractivity contribution in [2.75, 3.05) is 0 Å². The lowest BCUT2D eigenvalue weighted by Gasteiger charge is -2.33. The Balaban J connectivity index is 2.72. The van der Waals surface area contributed by atoms with Crippen LogP contribution in [-0.4, -0.2) is 22.2 Å². The van der Waals surface area contributed by atoms with Gasteiger partial charge in [0.1, 0.15) is 0 Å². The minimum Gasteiger partial charge on any atom is -0.270 e. The van der Waals surface area contributed by atoms with Gasteiger partial charge in [-0.05, 0) is 38.1 Å². The SMILES string of the molecule is CC(C)(CC(F)(F)F)N(Cl)NC(=O)c1ccc(Cl)cc1. The van der Waals surface area contributed by atoms with Crippen LogP contribution in [0.25, 0.3) is 0 Å². The number of carbonyl (C=O) groups excluding carboxylic acids is 1. The van der Waals surface area contributed by atoms with Crippen LogP contribution in [0.4, 0.5) is 13.2 Å². The number of nitrogens with zero attached hydrogens (tertiary/aromatic N) is 1. The molecule has 1 rings (SSSR count). The minimum atomic E-state index is -4.39. The molecule has 0 aliphatic heterocycles. The summed E-state index contributed by atoms with van der Waals surface area (Å²) >= 11 is 11.4. The lowest BCUT2D eigenvalue weighted by atomic mass is 10.0. The molecule has 0 aromatic heterocycles. The van der Waals surface area contributed by atoms with E-state index in [2.05, 4.69) is 5.43 Å². The summed E-state index contributed by atoms with van der Waals surface area (Å²) in [5, 5.41) is 0.446. The van der Waals surface area contributed by atoms with Gasteiger partial charge in [0.2, 0.25) is 0 Å². The van der Waals surface area contributed by atoms with Gasteiger partial charge >= 0.3 is 6.18 Å². The first-order chi connectivity index (χ1) is 9.01. The molecule has 0 atom stereocenters. The first-order valence-electron chi connectivity index (χ1n) is 5.60. The number of alkyl halides is 3. The predicted molar refractivity (Wildman–Crippen MR) is 71.4 cm³/mol. The standard InChI is InChI=1S/C12H13Cl2F3N2O/c1-11(2,7-12(15,16)17)19(14)18-10(20)8-3-5-9(13)6-4-8/h3-6H,7H2,1-2H3,(H,18,20). The second-order valence-electron chi connectivity index (χ2n) is 4.83. The van der Waals surface area contributed by atoms with Crippen LogP contribution in [0.5, 0.6) is 0 Å². The Morgan fingerprint density at radius 1 is 1.25 bits per heavy atom. The van der Waals surface area contributed by atoms with Gasteiger partial charge in [-0.2, -0.15) is 13.2 Å². The number of hydrogen-bond donors (Lipinski definition) is 1. The van der Waals surface area contributed by atoms with Crippen LogP contribution in [0.3, 0.4) is 0 Å². The lowest BCUT2D eigenvalue weighted by Crippen LogP contribution is -2.50. The third-order valence-electron chi connectivity index (χ3n) is 2.47. The summed E-state index contributed by atoms with van der Waals surface area (Å²) in [5.74, 6) is -0.619. The van der Waals surface area contributed by atoms with Gasteiger partial charge in [0.05, 0.1) is 12.0 Å². The highest BCUT2D eigenvalue weighted by molar-refractivity contribution is 6.30. The fourth-order valence-corrected chi connectivity index (χ4v) is 1.73. The predicted octanol–water partition coefficient (Wildman–Crippen LogP) is 4.17. The summed E-state index contributed by atoms with van der Waals surface area (Å²) < 4.78 is 37.8. The number of carbonyl (C=O) groups is 1. The number of benzene rings is 1. The summed E-state index contributed by atoms with van der Waals surface area (Å²) in [6.07, 6.45) is -5.55. The maximum atomic E-state index is 12.4. The number of amides is 1. The van der Waals surface area contributed by atoms with E-state index in [1.165, 1.54) is 38.1 Å². The molecule has 0 saturated carbocycles. The second kappa shape index (κ2) is 6.20. The number of halogens is 5. The van der Waals surface area contributed by atoms with E-state index < -0.39 is 24.0 Å². The number of nitrogens with one attached hydrogen (secondary N) is 1. The molecule has 112 valence electrons. The molecule has 0 aliphatic carbocycles. The van der Waals surface area contributed by atoms with Crippen molar-refractivity contribution in [3.8, 4) is 0 Å². The fourth-order valence-electron chi connectivity index (χ4n) is 1.47. The molecule has 1 amide bonds. The molecule has 0 spiro atoms. The highest BCUT2D eigenvalue weighted by Crippen LogP contribution is 2.31. The zero-order valence-electron chi connectivity index (χ0n) is 10.8. The first kappa shape index (κ1) is 17.1. The molecular weight excluding hydrogens is 316 g/mol. The molecule has 0 heterocycles.